The van der Waals surface area contributed by atoms with Gasteiger partial charge in [-0.25, -0.2) is 13.2 Å². The van der Waals surface area contributed by atoms with Crippen LogP contribution in [0.4, 0.5) is 13.2 Å². The van der Waals surface area contributed by atoms with Crippen LogP contribution in [-0.2, 0) is 4.79 Å². The van der Waals surface area contributed by atoms with Gasteiger partial charge in [-0.1, -0.05) is 0 Å². The number of benzene rings is 1. The van der Waals surface area contributed by atoms with E-state index in [0.29, 0.717) is 36.2 Å². The monoisotopic (exact) mass is 408 g/mol. The van der Waals surface area contributed by atoms with Crippen molar-refractivity contribution in [2.45, 2.75) is 38.3 Å². The van der Waals surface area contributed by atoms with Crippen molar-refractivity contribution in [3.05, 3.63) is 28.5 Å². The Hall–Kier alpha value is -1.28. The normalized spacial score (nSPS) is 17.8. The minimum atomic E-state index is -2.33. The Morgan fingerprint density at radius 1 is 1.42 bits per heavy atom. The van der Waals surface area contributed by atoms with E-state index in [1.54, 1.807) is 11.8 Å². The van der Waals surface area contributed by atoms with Crippen LogP contribution in [0, 0.1) is 5.82 Å². The molecular formula is C16H20BrF3N2O2. The number of carbonyl (C=O) groups excluding carboxylic acids is 1. The topological polar surface area (TPSA) is 41.6 Å². The van der Waals surface area contributed by atoms with E-state index >= 15 is 0 Å². The maximum absolute atomic E-state index is 13.0. The maximum atomic E-state index is 13.0. The van der Waals surface area contributed by atoms with E-state index in [1.165, 1.54) is 18.2 Å². The van der Waals surface area contributed by atoms with Crippen LogP contribution in [0.25, 0.3) is 0 Å². The number of hydrogen-bond acceptors (Lipinski definition) is 3. The Balaban J connectivity index is 1.80. The van der Waals surface area contributed by atoms with Crippen LogP contribution in [-0.4, -0.2) is 49.0 Å². The van der Waals surface area contributed by atoms with Gasteiger partial charge in [0, 0.05) is 19.1 Å². The lowest BCUT2D eigenvalue weighted by Gasteiger charge is -2.32. The van der Waals surface area contributed by atoms with E-state index in [0.717, 1.165) is 0 Å². The third-order valence-corrected chi connectivity index (χ3v) is 4.52. The molecule has 1 aliphatic rings. The van der Waals surface area contributed by atoms with Crippen LogP contribution >= 0.6 is 15.9 Å². The second-order valence-corrected chi connectivity index (χ2v) is 6.66. The lowest BCUT2D eigenvalue weighted by molar-refractivity contribution is -0.128. The molecule has 0 unspecified atom stereocenters. The molecule has 0 aromatic heterocycles. The summed E-state index contributed by atoms with van der Waals surface area (Å²) in [7, 11) is 0. The highest BCUT2D eigenvalue weighted by Gasteiger charge is 2.25. The Bertz CT molecular complexity index is 566. The third-order valence-electron chi connectivity index (χ3n) is 3.90. The standard InChI is InChI=1S/C16H20BrF3N2O2/c1-10(24-14-3-2-11(18)8-13(14)17)16(23)21-12-4-6-22(7-5-12)9-15(19)20/h2-3,8,10,12,15H,4-7,9H2,1H3,(H,21,23)/t10-/m1/s1. The van der Waals surface area contributed by atoms with Crippen molar-refractivity contribution >= 4 is 21.8 Å². The summed E-state index contributed by atoms with van der Waals surface area (Å²) in [4.78, 5) is 13.9. The summed E-state index contributed by atoms with van der Waals surface area (Å²) in [6, 6.07) is 3.92. The smallest absolute Gasteiger partial charge is 0.260 e. The molecule has 0 bridgehead atoms. The zero-order valence-electron chi connectivity index (χ0n) is 13.3. The number of piperidine rings is 1. The van der Waals surface area contributed by atoms with Crippen molar-refractivity contribution in [2.75, 3.05) is 19.6 Å². The molecule has 24 heavy (non-hydrogen) atoms. The van der Waals surface area contributed by atoms with Crippen LogP contribution in [0.15, 0.2) is 22.7 Å². The van der Waals surface area contributed by atoms with Gasteiger partial charge in [0.05, 0.1) is 11.0 Å². The SMILES string of the molecule is C[C@@H](Oc1ccc(F)cc1Br)C(=O)NC1CCN(CC(F)F)CC1. The van der Waals surface area contributed by atoms with E-state index in [9.17, 15) is 18.0 Å². The molecule has 1 aromatic carbocycles. The molecule has 0 spiro atoms. The van der Waals surface area contributed by atoms with Crippen molar-refractivity contribution in [3.8, 4) is 5.75 Å². The van der Waals surface area contributed by atoms with Crippen molar-refractivity contribution in [1.29, 1.82) is 0 Å². The predicted octanol–water partition coefficient (Wildman–Crippen LogP) is 3.20. The van der Waals surface area contributed by atoms with Crippen LogP contribution in [0.2, 0.25) is 0 Å². The fourth-order valence-electron chi connectivity index (χ4n) is 2.59. The minimum absolute atomic E-state index is 0.0471. The molecule has 8 heteroatoms. The summed E-state index contributed by atoms with van der Waals surface area (Å²) < 4.78 is 43.7. The summed E-state index contributed by atoms with van der Waals surface area (Å²) in [5.74, 6) is -0.300. The summed E-state index contributed by atoms with van der Waals surface area (Å²) in [5, 5.41) is 2.88. The highest BCUT2D eigenvalue weighted by atomic mass is 79.9. The van der Waals surface area contributed by atoms with Crippen molar-refractivity contribution < 1.29 is 22.7 Å². The quantitative estimate of drug-likeness (QED) is 0.785. The first-order valence-corrected chi connectivity index (χ1v) is 8.57. The molecule has 1 atom stereocenters. The molecule has 1 aromatic rings. The second-order valence-electron chi connectivity index (χ2n) is 5.81. The molecule has 1 aliphatic heterocycles. The Morgan fingerprint density at radius 3 is 2.67 bits per heavy atom. The van der Waals surface area contributed by atoms with Gasteiger partial charge in [0.15, 0.2) is 6.10 Å². The average molecular weight is 409 g/mol. The third kappa shape index (κ3) is 5.66. The largest absolute Gasteiger partial charge is 0.480 e. The number of nitrogens with one attached hydrogen (secondary N) is 1. The number of alkyl halides is 2. The number of rotatable bonds is 6. The summed E-state index contributed by atoms with van der Waals surface area (Å²) in [6.07, 6.45) is -1.82. The molecule has 0 radical (unpaired) electrons. The summed E-state index contributed by atoms with van der Waals surface area (Å²) in [6.45, 7) is 2.46. The number of likely N-dealkylation sites (tertiary alicyclic amines) is 1. The molecule has 1 amide bonds. The predicted molar refractivity (Wildman–Crippen MR) is 87.8 cm³/mol. The van der Waals surface area contributed by atoms with E-state index in [-0.39, 0.29) is 18.5 Å². The van der Waals surface area contributed by atoms with Gasteiger partial charge >= 0.3 is 0 Å². The van der Waals surface area contributed by atoms with Gasteiger partial charge in [-0.3, -0.25) is 9.69 Å². The molecule has 0 aliphatic carbocycles. The first-order valence-electron chi connectivity index (χ1n) is 7.77. The first-order chi connectivity index (χ1) is 11.3. The minimum Gasteiger partial charge on any atom is -0.480 e. The van der Waals surface area contributed by atoms with Crippen LogP contribution in [0.1, 0.15) is 19.8 Å². The number of carbonyl (C=O) groups is 1. The van der Waals surface area contributed by atoms with E-state index < -0.39 is 18.3 Å². The second kappa shape index (κ2) is 8.71. The molecule has 1 heterocycles. The van der Waals surface area contributed by atoms with Gasteiger partial charge < -0.3 is 10.1 Å². The molecule has 2 rings (SSSR count). The first kappa shape index (κ1) is 19.1. The Kier molecular flexibility index (Phi) is 6.91. The molecule has 1 fully saturated rings. The van der Waals surface area contributed by atoms with Crippen LogP contribution in [0.5, 0.6) is 5.75 Å². The van der Waals surface area contributed by atoms with E-state index in [1.807, 2.05) is 0 Å². The number of hydrogen-bond donors (Lipinski definition) is 1. The maximum Gasteiger partial charge on any atom is 0.260 e. The number of amides is 1. The van der Waals surface area contributed by atoms with Crippen molar-refractivity contribution in [3.63, 3.8) is 0 Å². The molecular weight excluding hydrogens is 389 g/mol. The van der Waals surface area contributed by atoms with Gasteiger partial charge in [0.25, 0.3) is 12.3 Å². The molecule has 1 N–H and O–H groups in total. The Labute approximate surface area is 147 Å². The van der Waals surface area contributed by atoms with Crippen LogP contribution in [0.3, 0.4) is 0 Å². The average Bonchev–Trinajstić information content (AvgIpc) is 2.51. The highest BCUT2D eigenvalue weighted by Crippen LogP contribution is 2.26. The fraction of sp³-hybridized carbons (Fsp3) is 0.562. The van der Waals surface area contributed by atoms with Gasteiger partial charge in [-0.05, 0) is 53.9 Å². The summed E-state index contributed by atoms with van der Waals surface area (Å²) in [5.41, 5.74) is 0. The van der Waals surface area contributed by atoms with E-state index in [4.69, 9.17) is 4.74 Å². The van der Waals surface area contributed by atoms with Gasteiger partial charge in [-0.2, -0.15) is 0 Å². The number of halogens is 4. The molecule has 134 valence electrons. The molecule has 0 saturated carbocycles. The lowest BCUT2D eigenvalue weighted by Crippen LogP contribution is -2.48. The van der Waals surface area contributed by atoms with Crippen LogP contribution < -0.4 is 10.1 Å². The van der Waals surface area contributed by atoms with Gasteiger partial charge in [-0.15, -0.1) is 0 Å². The Morgan fingerprint density at radius 2 is 2.08 bits per heavy atom. The van der Waals surface area contributed by atoms with Crippen molar-refractivity contribution in [1.82, 2.24) is 10.2 Å². The lowest BCUT2D eigenvalue weighted by atomic mass is 10.0. The number of nitrogens with zero attached hydrogens (tertiary/aromatic N) is 1. The summed E-state index contributed by atoms with van der Waals surface area (Å²) >= 11 is 3.19. The molecule has 4 nitrogen and oxygen atoms in total. The van der Waals surface area contributed by atoms with Gasteiger partial charge in [0.1, 0.15) is 11.6 Å². The highest BCUT2D eigenvalue weighted by molar-refractivity contribution is 9.10. The fourth-order valence-corrected chi connectivity index (χ4v) is 3.03. The van der Waals surface area contributed by atoms with Gasteiger partial charge in [0.2, 0.25) is 0 Å². The number of ether oxygens (including phenoxy) is 1. The molecule has 1 saturated heterocycles. The zero-order valence-corrected chi connectivity index (χ0v) is 14.9. The van der Waals surface area contributed by atoms with E-state index in [2.05, 4.69) is 21.2 Å². The van der Waals surface area contributed by atoms with Crippen molar-refractivity contribution in [2.24, 2.45) is 0 Å². The zero-order chi connectivity index (χ0) is 17.7.